The SMILES string of the molecule is O=C1/C=C\CCCC(=O)C2CCCCC2C(=O)C(=O)C2CCCC(CCCCC=CC1)C2. The Balaban J connectivity index is 1.69. The first-order chi connectivity index (χ1) is 15.6. The van der Waals surface area contributed by atoms with Crippen molar-refractivity contribution in [1.82, 2.24) is 0 Å². The number of carbonyl (C=O) groups excluding carboxylic acids is 4. The van der Waals surface area contributed by atoms with Crippen molar-refractivity contribution >= 4 is 23.1 Å². The quantitative estimate of drug-likeness (QED) is 0.336. The molecule has 176 valence electrons. The first-order valence-electron chi connectivity index (χ1n) is 13.0. The topological polar surface area (TPSA) is 68.3 Å². The van der Waals surface area contributed by atoms with E-state index in [1.165, 1.54) is 0 Å². The number of carbonyl (C=O) groups is 4. The van der Waals surface area contributed by atoms with Gasteiger partial charge in [0.2, 0.25) is 11.6 Å². The summed E-state index contributed by atoms with van der Waals surface area (Å²) in [6.45, 7) is 0. The summed E-state index contributed by atoms with van der Waals surface area (Å²) >= 11 is 0. The van der Waals surface area contributed by atoms with Gasteiger partial charge >= 0.3 is 0 Å². The van der Waals surface area contributed by atoms with Crippen molar-refractivity contribution in [2.24, 2.45) is 23.7 Å². The van der Waals surface area contributed by atoms with Crippen LogP contribution in [0, 0.1) is 23.7 Å². The summed E-state index contributed by atoms with van der Waals surface area (Å²) in [6, 6.07) is 0. The van der Waals surface area contributed by atoms with E-state index in [0.717, 1.165) is 70.6 Å². The second kappa shape index (κ2) is 13.0. The van der Waals surface area contributed by atoms with Gasteiger partial charge in [0.15, 0.2) is 5.78 Å². The number of allylic oxidation sites excluding steroid dienone is 4. The largest absolute Gasteiger partial charge is 0.299 e. The van der Waals surface area contributed by atoms with Gasteiger partial charge in [-0.15, -0.1) is 0 Å². The molecule has 2 saturated carbocycles. The van der Waals surface area contributed by atoms with Crippen LogP contribution in [-0.2, 0) is 19.2 Å². The van der Waals surface area contributed by atoms with E-state index in [4.69, 9.17) is 0 Å². The molecule has 0 aromatic carbocycles. The average Bonchev–Trinajstić information content (AvgIpc) is 2.81. The Hall–Kier alpha value is -1.84. The first-order valence-corrected chi connectivity index (χ1v) is 13.0. The van der Waals surface area contributed by atoms with Gasteiger partial charge in [0, 0.05) is 30.6 Å². The molecule has 4 atom stereocenters. The highest BCUT2D eigenvalue weighted by Crippen LogP contribution is 2.37. The third-order valence-electron chi connectivity index (χ3n) is 7.73. The summed E-state index contributed by atoms with van der Waals surface area (Å²) in [7, 11) is 0. The van der Waals surface area contributed by atoms with E-state index >= 15 is 0 Å². The van der Waals surface area contributed by atoms with Gasteiger partial charge in [-0.2, -0.15) is 0 Å². The van der Waals surface area contributed by atoms with Crippen molar-refractivity contribution < 1.29 is 19.2 Å². The van der Waals surface area contributed by atoms with E-state index in [0.29, 0.717) is 38.0 Å². The standard InChI is InChI=1S/C28H40O4/c29-23-15-6-3-1-2-5-12-21-13-11-14-22(20-21)27(31)28(32)25-18-10-9-17-24(25)26(30)19-8-4-7-16-23/h3,6-7,16,21-22,24-25H,1-2,4-5,8-15,17-20H2/b6-3?,16-7-. The zero-order valence-corrected chi connectivity index (χ0v) is 19.6. The lowest BCUT2D eigenvalue weighted by atomic mass is 9.70. The number of fused-ring (bicyclic) bond motifs is 3. The molecular weight excluding hydrogens is 400 g/mol. The van der Waals surface area contributed by atoms with Gasteiger partial charge in [0.05, 0.1) is 0 Å². The van der Waals surface area contributed by atoms with Crippen LogP contribution in [0.3, 0.4) is 0 Å². The summed E-state index contributed by atoms with van der Waals surface area (Å²) in [5, 5.41) is 0. The number of ketones is 4. The van der Waals surface area contributed by atoms with Crippen molar-refractivity contribution in [3.63, 3.8) is 0 Å². The molecule has 3 aliphatic rings. The number of Topliss-reactive ketones (excluding diaryl/α,β-unsaturated/α-hetero) is 3. The van der Waals surface area contributed by atoms with Crippen molar-refractivity contribution in [2.75, 3.05) is 0 Å². The van der Waals surface area contributed by atoms with Crippen LogP contribution in [-0.4, -0.2) is 23.1 Å². The van der Waals surface area contributed by atoms with E-state index in [1.54, 1.807) is 6.08 Å². The Kier molecular flexibility index (Phi) is 10.1. The molecule has 0 amide bonds. The summed E-state index contributed by atoms with van der Waals surface area (Å²) in [4.78, 5) is 51.3. The number of hydrogen-bond donors (Lipinski definition) is 0. The molecule has 32 heavy (non-hydrogen) atoms. The van der Waals surface area contributed by atoms with E-state index in [9.17, 15) is 19.2 Å². The highest BCUT2D eigenvalue weighted by Gasteiger charge is 2.40. The van der Waals surface area contributed by atoms with E-state index < -0.39 is 5.92 Å². The van der Waals surface area contributed by atoms with Crippen LogP contribution in [0.5, 0.6) is 0 Å². The van der Waals surface area contributed by atoms with Gasteiger partial charge < -0.3 is 0 Å². The predicted octanol–water partition coefficient (Wildman–Crippen LogP) is 6.12. The molecule has 0 radical (unpaired) electrons. The van der Waals surface area contributed by atoms with E-state index in [2.05, 4.69) is 6.08 Å². The van der Waals surface area contributed by atoms with Crippen LogP contribution in [0.25, 0.3) is 0 Å². The Morgan fingerprint density at radius 3 is 2.19 bits per heavy atom. The van der Waals surface area contributed by atoms with Crippen LogP contribution in [0.4, 0.5) is 0 Å². The predicted molar refractivity (Wildman–Crippen MR) is 126 cm³/mol. The third kappa shape index (κ3) is 7.35. The normalized spacial score (nSPS) is 33.2. The minimum absolute atomic E-state index is 0.100. The molecular formula is C28H40O4. The van der Waals surface area contributed by atoms with Crippen molar-refractivity contribution in [3.05, 3.63) is 24.3 Å². The second-order valence-corrected chi connectivity index (χ2v) is 10.1. The molecule has 0 spiro atoms. The third-order valence-corrected chi connectivity index (χ3v) is 7.73. The molecule has 0 saturated heterocycles. The molecule has 3 aliphatic carbocycles. The summed E-state index contributed by atoms with van der Waals surface area (Å²) in [5.74, 6) is -0.506. The zero-order valence-electron chi connectivity index (χ0n) is 19.6. The molecule has 0 aromatic heterocycles. The number of hydrogen-bond acceptors (Lipinski definition) is 4. The molecule has 3 rings (SSSR count). The maximum absolute atomic E-state index is 13.2. The molecule has 0 aliphatic heterocycles. The Morgan fingerprint density at radius 1 is 0.625 bits per heavy atom. The molecule has 4 heteroatoms. The fourth-order valence-electron chi connectivity index (χ4n) is 5.88. The van der Waals surface area contributed by atoms with Gasteiger partial charge in [0.25, 0.3) is 0 Å². The maximum atomic E-state index is 13.2. The molecule has 0 aromatic rings. The maximum Gasteiger partial charge on any atom is 0.202 e. The van der Waals surface area contributed by atoms with Gasteiger partial charge in [-0.05, 0) is 63.4 Å². The van der Waals surface area contributed by atoms with Gasteiger partial charge in [-0.25, -0.2) is 0 Å². The smallest absolute Gasteiger partial charge is 0.202 e. The monoisotopic (exact) mass is 440 g/mol. The summed E-state index contributed by atoms with van der Waals surface area (Å²) < 4.78 is 0. The molecule has 0 heterocycles. The molecule has 2 fully saturated rings. The van der Waals surface area contributed by atoms with Crippen molar-refractivity contribution in [1.29, 1.82) is 0 Å². The van der Waals surface area contributed by atoms with Crippen molar-refractivity contribution in [2.45, 2.75) is 103 Å². The Labute approximate surface area is 193 Å². The second-order valence-electron chi connectivity index (χ2n) is 10.1. The van der Waals surface area contributed by atoms with Crippen LogP contribution in [0.15, 0.2) is 24.3 Å². The molecule has 4 nitrogen and oxygen atoms in total. The molecule has 2 bridgehead atoms. The first kappa shape index (κ1) is 24.8. The fraction of sp³-hybridized carbons (Fsp3) is 0.714. The minimum atomic E-state index is -0.401. The molecule has 0 N–H and O–H groups in total. The van der Waals surface area contributed by atoms with Gasteiger partial charge in [-0.1, -0.05) is 56.8 Å². The summed E-state index contributed by atoms with van der Waals surface area (Å²) in [6.07, 6.45) is 21.2. The van der Waals surface area contributed by atoms with Gasteiger partial charge in [-0.3, -0.25) is 19.2 Å². The Bertz CT molecular complexity index is 732. The molecule has 4 unspecified atom stereocenters. The van der Waals surface area contributed by atoms with Crippen LogP contribution < -0.4 is 0 Å². The highest BCUT2D eigenvalue weighted by molar-refractivity contribution is 6.39. The van der Waals surface area contributed by atoms with E-state index in [-0.39, 0.29) is 35.0 Å². The average molecular weight is 441 g/mol. The number of rotatable bonds is 0. The zero-order chi connectivity index (χ0) is 22.8. The fourth-order valence-corrected chi connectivity index (χ4v) is 5.88. The Morgan fingerprint density at radius 2 is 1.34 bits per heavy atom. The van der Waals surface area contributed by atoms with E-state index in [1.807, 2.05) is 12.2 Å². The van der Waals surface area contributed by atoms with Gasteiger partial charge in [0.1, 0.15) is 5.78 Å². The highest BCUT2D eigenvalue weighted by atomic mass is 16.2. The lowest BCUT2D eigenvalue weighted by Crippen LogP contribution is -2.39. The lowest BCUT2D eigenvalue weighted by molar-refractivity contribution is -0.145. The van der Waals surface area contributed by atoms with Crippen LogP contribution in [0.2, 0.25) is 0 Å². The minimum Gasteiger partial charge on any atom is -0.299 e. The lowest BCUT2D eigenvalue weighted by Gasteiger charge is -2.32. The summed E-state index contributed by atoms with van der Waals surface area (Å²) in [5.41, 5.74) is 0. The van der Waals surface area contributed by atoms with Crippen LogP contribution >= 0.6 is 0 Å². The van der Waals surface area contributed by atoms with Crippen molar-refractivity contribution in [3.8, 4) is 0 Å². The van der Waals surface area contributed by atoms with Crippen LogP contribution in [0.1, 0.15) is 103 Å².